The maximum absolute atomic E-state index is 9.40. The van der Waals surface area contributed by atoms with Crippen LogP contribution < -0.4 is 4.74 Å². The van der Waals surface area contributed by atoms with Crippen LogP contribution in [0.15, 0.2) is 36.5 Å². The van der Waals surface area contributed by atoms with E-state index in [0.717, 1.165) is 33.9 Å². The smallest absolute Gasteiger partial charge is 0.137 e. The molecule has 2 heterocycles. The molecule has 0 saturated carbocycles. The van der Waals surface area contributed by atoms with Crippen molar-refractivity contribution in [2.45, 2.75) is 19.8 Å². The molecule has 0 aliphatic rings. The van der Waals surface area contributed by atoms with Crippen molar-refractivity contribution in [1.29, 1.82) is 5.26 Å². The molecule has 1 aromatic carbocycles. The average molecular weight is 326 g/mol. The Bertz CT molecular complexity index is 924. The fraction of sp³-hybridized carbons (Fsp3) is 0.222. The second kappa shape index (κ2) is 5.94. The Balaban J connectivity index is 2.28. The highest BCUT2D eigenvalue weighted by molar-refractivity contribution is 6.30. The van der Waals surface area contributed by atoms with Crippen molar-refractivity contribution in [2.24, 2.45) is 0 Å². The van der Waals surface area contributed by atoms with Gasteiger partial charge in [0.05, 0.1) is 35.5 Å². The van der Waals surface area contributed by atoms with Crippen LogP contribution in [0.4, 0.5) is 0 Å². The van der Waals surface area contributed by atoms with E-state index in [1.54, 1.807) is 19.4 Å². The standard InChI is InChI=1S/C18H16ClN3O/c1-11-8-13(4-6-15(11)23-3)17-18(12(2)9-20)22-10-14(19)5-7-16(22)21-17/h4-8,10,12H,1-3H3. The van der Waals surface area contributed by atoms with Crippen molar-refractivity contribution in [3.8, 4) is 23.1 Å². The molecule has 3 rings (SSSR count). The van der Waals surface area contributed by atoms with E-state index < -0.39 is 0 Å². The van der Waals surface area contributed by atoms with Crippen LogP contribution in [0.25, 0.3) is 16.9 Å². The number of rotatable bonds is 3. The summed E-state index contributed by atoms with van der Waals surface area (Å²) in [6, 6.07) is 11.9. The lowest BCUT2D eigenvalue weighted by Gasteiger charge is -2.09. The second-order valence-electron chi connectivity index (χ2n) is 5.46. The normalized spacial score (nSPS) is 12.1. The minimum atomic E-state index is -0.305. The Morgan fingerprint density at radius 1 is 1.30 bits per heavy atom. The summed E-state index contributed by atoms with van der Waals surface area (Å²) in [5.74, 6) is 0.524. The largest absolute Gasteiger partial charge is 0.496 e. The molecule has 3 aromatic rings. The molecule has 1 atom stereocenters. The number of halogens is 1. The molecule has 0 bridgehead atoms. The number of aromatic nitrogens is 2. The third-order valence-electron chi connectivity index (χ3n) is 3.89. The van der Waals surface area contributed by atoms with Gasteiger partial charge in [0, 0.05) is 11.8 Å². The summed E-state index contributed by atoms with van der Waals surface area (Å²) in [4.78, 5) is 4.70. The first-order chi connectivity index (χ1) is 11.0. The van der Waals surface area contributed by atoms with Gasteiger partial charge in [-0.05, 0) is 49.7 Å². The molecule has 5 heteroatoms. The monoisotopic (exact) mass is 325 g/mol. The van der Waals surface area contributed by atoms with Crippen LogP contribution in [-0.2, 0) is 0 Å². The SMILES string of the molecule is COc1ccc(-c2nc3ccc(Cl)cn3c2C(C)C#N)cc1C. The summed E-state index contributed by atoms with van der Waals surface area (Å²) >= 11 is 6.11. The molecule has 0 aliphatic heterocycles. The first-order valence-corrected chi connectivity index (χ1v) is 7.65. The minimum absolute atomic E-state index is 0.305. The second-order valence-corrected chi connectivity index (χ2v) is 5.89. The highest BCUT2D eigenvalue weighted by Gasteiger charge is 2.20. The maximum Gasteiger partial charge on any atom is 0.137 e. The highest BCUT2D eigenvalue weighted by Crippen LogP contribution is 2.32. The Morgan fingerprint density at radius 3 is 2.74 bits per heavy atom. The van der Waals surface area contributed by atoms with E-state index in [9.17, 15) is 5.26 Å². The molecule has 23 heavy (non-hydrogen) atoms. The van der Waals surface area contributed by atoms with Crippen molar-refractivity contribution in [2.75, 3.05) is 7.11 Å². The summed E-state index contributed by atoms with van der Waals surface area (Å²) in [5, 5.41) is 10.0. The number of hydrogen-bond acceptors (Lipinski definition) is 3. The lowest BCUT2D eigenvalue weighted by atomic mass is 10.0. The number of nitriles is 1. The Hall–Kier alpha value is -2.51. The zero-order valence-electron chi connectivity index (χ0n) is 13.2. The van der Waals surface area contributed by atoms with Crippen LogP contribution in [0, 0.1) is 18.3 Å². The number of aryl methyl sites for hydroxylation is 1. The van der Waals surface area contributed by atoms with E-state index in [0.29, 0.717) is 5.02 Å². The van der Waals surface area contributed by atoms with Crippen LogP contribution in [0.3, 0.4) is 0 Å². The molecule has 4 nitrogen and oxygen atoms in total. The van der Waals surface area contributed by atoms with Crippen LogP contribution >= 0.6 is 11.6 Å². The lowest BCUT2D eigenvalue weighted by Crippen LogP contribution is -1.99. The van der Waals surface area contributed by atoms with Gasteiger partial charge in [0.25, 0.3) is 0 Å². The predicted molar refractivity (Wildman–Crippen MR) is 91.0 cm³/mol. The molecule has 0 radical (unpaired) electrons. The fourth-order valence-corrected chi connectivity index (χ4v) is 2.91. The average Bonchev–Trinajstić information content (AvgIpc) is 2.92. The van der Waals surface area contributed by atoms with Gasteiger partial charge in [0.15, 0.2) is 0 Å². The van der Waals surface area contributed by atoms with E-state index in [4.69, 9.17) is 21.3 Å². The first-order valence-electron chi connectivity index (χ1n) is 7.27. The van der Waals surface area contributed by atoms with Gasteiger partial charge in [-0.1, -0.05) is 11.6 Å². The van der Waals surface area contributed by atoms with Gasteiger partial charge in [-0.25, -0.2) is 4.98 Å². The van der Waals surface area contributed by atoms with Crippen LogP contribution in [0.2, 0.25) is 5.02 Å². The van der Waals surface area contributed by atoms with Crippen LogP contribution in [0.1, 0.15) is 24.1 Å². The van der Waals surface area contributed by atoms with Crippen LogP contribution in [0.5, 0.6) is 5.75 Å². The number of fused-ring (bicyclic) bond motifs is 1. The van der Waals surface area contributed by atoms with Gasteiger partial charge in [0.2, 0.25) is 0 Å². The molecule has 0 spiro atoms. The van der Waals surface area contributed by atoms with E-state index in [1.165, 1.54) is 0 Å². The number of methoxy groups -OCH3 is 1. The van der Waals surface area contributed by atoms with Crippen LogP contribution in [-0.4, -0.2) is 16.5 Å². The third-order valence-corrected chi connectivity index (χ3v) is 4.12. The first kappa shape index (κ1) is 15.4. The number of nitrogens with zero attached hydrogens (tertiary/aromatic N) is 3. The van der Waals surface area contributed by atoms with E-state index in [2.05, 4.69) is 6.07 Å². The number of ether oxygens (including phenoxy) is 1. The summed E-state index contributed by atoms with van der Waals surface area (Å²) in [6.45, 7) is 3.85. The zero-order valence-corrected chi connectivity index (χ0v) is 13.9. The number of hydrogen-bond donors (Lipinski definition) is 0. The van der Waals surface area contributed by atoms with Gasteiger partial charge in [0.1, 0.15) is 11.4 Å². The summed E-state index contributed by atoms with van der Waals surface area (Å²) in [5.41, 5.74) is 4.40. The minimum Gasteiger partial charge on any atom is -0.496 e. The van der Waals surface area contributed by atoms with Gasteiger partial charge in [-0.2, -0.15) is 5.26 Å². The summed E-state index contributed by atoms with van der Waals surface area (Å²) < 4.78 is 7.21. The third kappa shape index (κ3) is 2.64. The molecule has 0 amide bonds. The van der Waals surface area contributed by atoms with Crippen molar-refractivity contribution >= 4 is 17.2 Å². The van der Waals surface area contributed by atoms with Gasteiger partial charge < -0.3 is 9.14 Å². The quantitative estimate of drug-likeness (QED) is 0.707. The van der Waals surface area contributed by atoms with Gasteiger partial charge in [-0.3, -0.25) is 0 Å². The van der Waals surface area contributed by atoms with E-state index >= 15 is 0 Å². The van der Waals surface area contributed by atoms with E-state index in [-0.39, 0.29) is 5.92 Å². The maximum atomic E-state index is 9.40. The molecule has 0 N–H and O–H groups in total. The molecular formula is C18H16ClN3O. The Morgan fingerprint density at radius 2 is 2.09 bits per heavy atom. The Labute approximate surface area is 139 Å². The summed E-state index contributed by atoms with van der Waals surface area (Å²) in [6.07, 6.45) is 1.80. The number of pyridine rings is 1. The molecule has 2 aromatic heterocycles. The molecular weight excluding hydrogens is 310 g/mol. The predicted octanol–water partition coefficient (Wildman–Crippen LogP) is 4.60. The molecule has 0 saturated heterocycles. The van der Waals surface area contributed by atoms with Gasteiger partial charge in [-0.15, -0.1) is 0 Å². The van der Waals surface area contributed by atoms with Crippen molar-refractivity contribution in [3.63, 3.8) is 0 Å². The molecule has 0 aliphatic carbocycles. The van der Waals surface area contributed by atoms with E-state index in [1.807, 2.05) is 42.5 Å². The van der Waals surface area contributed by atoms with Crippen molar-refractivity contribution < 1.29 is 4.74 Å². The van der Waals surface area contributed by atoms with Gasteiger partial charge >= 0.3 is 0 Å². The van der Waals surface area contributed by atoms with Crippen molar-refractivity contribution in [1.82, 2.24) is 9.38 Å². The molecule has 1 unspecified atom stereocenters. The lowest BCUT2D eigenvalue weighted by molar-refractivity contribution is 0.412. The van der Waals surface area contributed by atoms with Crippen molar-refractivity contribution in [3.05, 3.63) is 52.8 Å². The number of benzene rings is 1. The Kier molecular flexibility index (Phi) is 3.97. The molecule has 116 valence electrons. The summed E-state index contributed by atoms with van der Waals surface area (Å²) in [7, 11) is 1.65. The topological polar surface area (TPSA) is 50.3 Å². The number of imidazole rings is 1. The highest BCUT2D eigenvalue weighted by atomic mass is 35.5. The molecule has 0 fully saturated rings. The zero-order chi connectivity index (χ0) is 16.6. The fourth-order valence-electron chi connectivity index (χ4n) is 2.75.